The normalized spacial score (nSPS) is 12.2. The minimum Gasteiger partial charge on any atom is -0.508 e. The largest absolute Gasteiger partial charge is 0.508 e. The Bertz CT molecular complexity index is 520. The number of rotatable bonds is 6. The van der Waals surface area contributed by atoms with E-state index in [9.17, 15) is 10.2 Å². The minimum atomic E-state index is 0.0953. The molecular weight excluding hydrogens is 250 g/mol. The van der Waals surface area contributed by atoms with Gasteiger partial charge in [0.25, 0.3) is 0 Å². The van der Waals surface area contributed by atoms with Gasteiger partial charge in [0.05, 0.1) is 0 Å². The van der Waals surface area contributed by atoms with Gasteiger partial charge < -0.3 is 15.5 Å². The smallest absolute Gasteiger partial charge is 0.119 e. The number of hydrogen-bond acceptors (Lipinski definition) is 3. The third-order valence-corrected chi connectivity index (χ3v) is 3.36. The van der Waals surface area contributed by atoms with Gasteiger partial charge in [0.2, 0.25) is 0 Å². The van der Waals surface area contributed by atoms with Crippen LogP contribution in [0.25, 0.3) is 0 Å². The Morgan fingerprint density at radius 1 is 1.00 bits per heavy atom. The molecule has 2 rings (SSSR count). The molecule has 3 nitrogen and oxygen atoms in total. The van der Waals surface area contributed by atoms with E-state index in [-0.39, 0.29) is 17.5 Å². The first-order valence-corrected chi connectivity index (χ1v) is 6.95. The Morgan fingerprint density at radius 3 is 2.30 bits per heavy atom. The molecule has 1 atom stereocenters. The molecule has 3 N–H and O–H groups in total. The second-order valence-electron chi connectivity index (χ2n) is 5.05. The van der Waals surface area contributed by atoms with Gasteiger partial charge >= 0.3 is 0 Å². The van der Waals surface area contributed by atoms with Crippen molar-refractivity contribution < 1.29 is 10.2 Å². The van der Waals surface area contributed by atoms with Crippen molar-refractivity contribution in [2.24, 2.45) is 0 Å². The van der Waals surface area contributed by atoms with Crippen LogP contribution in [-0.4, -0.2) is 16.8 Å². The van der Waals surface area contributed by atoms with Gasteiger partial charge in [-0.3, -0.25) is 0 Å². The summed E-state index contributed by atoms with van der Waals surface area (Å²) in [5.74, 6) is 0.191. The van der Waals surface area contributed by atoms with Crippen LogP contribution in [0.5, 0.6) is 11.5 Å². The van der Waals surface area contributed by atoms with Gasteiger partial charge in [-0.1, -0.05) is 30.3 Å². The highest BCUT2D eigenvalue weighted by molar-refractivity contribution is 5.37. The second kappa shape index (κ2) is 6.96. The van der Waals surface area contributed by atoms with E-state index in [2.05, 4.69) is 29.6 Å². The lowest BCUT2D eigenvalue weighted by atomic mass is 10.1. The van der Waals surface area contributed by atoms with Gasteiger partial charge in [0.1, 0.15) is 11.5 Å². The molecule has 0 aliphatic carbocycles. The van der Waals surface area contributed by atoms with Crippen molar-refractivity contribution in [2.75, 3.05) is 6.54 Å². The van der Waals surface area contributed by atoms with E-state index in [0.29, 0.717) is 0 Å². The molecule has 0 saturated heterocycles. The van der Waals surface area contributed by atoms with Crippen LogP contribution in [0.1, 0.15) is 30.5 Å². The SMILES string of the molecule is CC(NCCCc1ccccc1)c1cc(O)cc(O)c1. The van der Waals surface area contributed by atoms with E-state index in [4.69, 9.17) is 0 Å². The molecule has 0 saturated carbocycles. The first-order chi connectivity index (χ1) is 9.65. The highest BCUT2D eigenvalue weighted by atomic mass is 16.3. The summed E-state index contributed by atoms with van der Waals surface area (Å²) < 4.78 is 0. The standard InChI is InChI=1S/C17H21NO2/c1-13(15-10-16(19)12-17(20)11-15)18-9-5-8-14-6-3-2-4-7-14/h2-4,6-7,10-13,18-20H,5,8-9H2,1H3. The number of hydrogen-bond donors (Lipinski definition) is 3. The van der Waals surface area contributed by atoms with Gasteiger partial charge in [-0.2, -0.15) is 0 Å². The van der Waals surface area contributed by atoms with Crippen molar-refractivity contribution in [3.05, 3.63) is 59.7 Å². The molecular formula is C17H21NO2. The molecule has 1 unspecified atom stereocenters. The molecule has 0 bridgehead atoms. The number of phenols is 2. The zero-order valence-corrected chi connectivity index (χ0v) is 11.7. The Morgan fingerprint density at radius 2 is 1.65 bits per heavy atom. The van der Waals surface area contributed by atoms with Crippen molar-refractivity contribution >= 4 is 0 Å². The van der Waals surface area contributed by atoms with E-state index in [0.717, 1.165) is 24.9 Å². The van der Waals surface area contributed by atoms with Gasteiger partial charge in [-0.25, -0.2) is 0 Å². The lowest BCUT2D eigenvalue weighted by molar-refractivity contribution is 0.446. The van der Waals surface area contributed by atoms with Crippen LogP contribution < -0.4 is 5.32 Å². The average Bonchev–Trinajstić information content (AvgIpc) is 2.43. The molecule has 0 fully saturated rings. The van der Waals surface area contributed by atoms with Crippen LogP contribution in [0.4, 0.5) is 0 Å². The Hall–Kier alpha value is -2.00. The predicted molar refractivity (Wildman–Crippen MR) is 81.0 cm³/mol. The van der Waals surface area contributed by atoms with Crippen molar-refractivity contribution in [3.63, 3.8) is 0 Å². The van der Waals surface area contributed by atoms with E-state index in [1.807, 2.05) is 13.0 Å². The number of benzene rings is 2. The van der Waals surface area contributed by atoms with Crippen LogP contribution in [0.15, 0.2) is 48.5 Å². The van der Waals surface area contributed by atoms with Crippen molar-refractivity contribution in [3.8, 4) is 11.5 Å². The summed E-state index contributed by atoms with van der Waals surface area (Å²) >= 11 is 0. The summed E-state index contributed by atoms with van der Waals surface area (Å²) in [6.45, 7) is 2.92. The Balaban J connectivity index is 1.79. The number of aromatic hydroxyl groups is 2. The third-order valence-electron chi connectivity index (χ3n) is 3.36. The molecule has 3 heteroatoms. The van der Waals surface area contributed by atoms with Gasteiger partial charge in [0.15, 0.2) is 0 Å². The summed E-state index contributed by atoms with van der Waals surface area (Å²) in [7, 11) is 0. The van der Waals surface area contributed by atoms with Crippen LogP contribution in [0.3, 0.4) is 0 Å². The zero-order chi connectivity index (χ0) is 14.4. The van der Waals surface area contributed by atoms with E-state index in [1.165, 1.54) is 11.6 Å². The summed E-state index contributed by atoms with van der Waals surface area (Å²) in [6.07, 6.45) is 2.10. The first-order valence-electron chi connectivity index (χ1n) is 6.95. The summed E-state index contributed by atoms with van der Waals surface area (Å²) in [5.41, 5.74) is 2.24. The van der Waals surface area contributed by atoms with E-state index >= 15 is 0 Å². The lowest BCUT2D eigenvalue weighted by Gasteiger charge is -2.15. The van der Waals surface area contributed by atoms with E-state index in [1.54, 1.807) is 12.1 Å². The van der Waals surface area contributed by atoms with Gasteiger partial charge in [-0.05, 0) is 49.6 Å². The molecule has 2 aromatic rings. The van der Waals surface area contributed by atoms with Crippen molar-refractivity contribution in [1.29, 1.82) is 0 Å². The Labute approximate surface area is 119 Å². The highest BCUT2D eigenvalue weighted by Gasteiger charge is 2.07. The quantitative estimate of drug-likeness (QED) is 0.706. The first kappa shape index (κ1) is 14.4. The number of phenolic OH excluding ortho intramolecular Hbond substituents is 2. The fourth-order valence-electron chi connectivity index (χ4n) is 2.24. The van der Waals surface area contributed by atoms with Crippen LogP contribution in [0.2, 0.25) is 0 Å². The van der Waals surface area contributed by atoms with Crippen molar-refractivity contribution in [2.45, 2.75) is 25.8 Å². The molecule has 0 heterocycles. The van der Waals surface area contributed by atoms with Crippen LogP contribution >= 0.6 is 0 Å². The monoisotopic (exact) mass is 271 g/mol. The Kier molecular flexibility index (Phi) is 5.02. The fraction of sp³-hybridized carbons (Fsp3) is 0.294. The fourth-order valence-corrected chi connectivity index (χ4v) is 2.24. The maximum Gasteiger partial charge on any atom is 0.119 e. The van der Waals surface area contributed by atoms with Crippen LogP contribution in [0, 0.1) is 0 Å². The summed E-state index contributed by atoms with van der Waals surface area (Å²) in [5, 5.41) is 22.4. The van der Waals surface area contributed by atoms with E-state index < -0.39 is 0 Å². The number of nitrogens with one attached hydrogen (secondary N) is 1. The predicted octanol–water partition coefficient (Wildman–Crippen LogP) is 3.38. The molecule has 0 aliphatic heterocycles. The summed E-state index contributed by atoms with van der Waals surface area (Å²) in [6, 6.07) is 15.2. The second-order valence-corrected chi connectivity index (χ2v) is 5.05. The van der Waals surface area contributed by atoms with Crippen molar-refractivity contribution in [1.82, 2.24) is 5.32 Å². The molecule has 0 aliphatic rings. The molecule has 2 aromatic carbocycles. The highest BCUT2D eigenvalue weighted by Crippen LogP contribution is 2.24. The zero-order valence-electron chi connectivity index (χ0n) is 11.7. The maximum atomic E-state index is 9.48. The summed E-state index contributed by atoms with van der Waals surface area (Å²) in [4.78, 5) is 0. The maximum absolute atomic E-state index is 9.48. The molecule has 0 aromatic heterocycles. The number of aryl methyl sites for hydroxylation is 1. The average molecular weight is 271 g/mol. The van der Waals surface area contributed by atoms with Gasteiger partial charge in [-0.15, -0.1) is 0 Å². The minimum absolute atomic E-state index is 0.0953. The third kappa shape index (κ3) is 4.28. The molecule has 0 spiro atoms. The molecule has 0 radical (unpaired) electrons. The molecule has 20 heavy (non-hydrogen) atoms. The molecule has 106 valence electrons. The van der Waals surface area contributed by atoms with Crippen LogP contribution in [-0.2, 0) is 6.42 Å². The van der Waals surface area contributed by atoms with Gasteiger partial charge in [0, 0.05) is 12.1 Å². The molecule has 0 amide bonds. The lowest BCUT2D eigenvalue weighted by Crippen LogP contribution is -2.20. The topological polar surface area (TPSA) is 52.5 Å².